The van der Waals surface area contributed by atoms with Crippen molar-refractivity contribution in [3.63, 3.8) is 0 Å². The van der Waals surface area contributed by atoms with E-state index in [-0.39, 0.29) is 5.56 Å². The van der Waals surface area contributed by atoms with Gasteiger partial charge in [-0.1, -0.05) is 30.3 Å². The summed E-state index contributed by atoms with van der Waals surface area (Å²) in [5.41, 5.74) is 2.02. The van der Waals surface area contributed by atoms with E-state index in [2.05, 4.69) is 4.98 Å². The Kier molecular flexibility index (Phi) is 3.57. The normalized spacial score (nSPS) is 10.1. The molecule has 0 spiro atoms. The summed E-state index contributed by atoms with van der Waals surface area (Å²) in [5, 5.41) is 9.11. The number of hydrogen-bond donors (Lipinski definition) is 1. The largest absolute Gasteiger partial charge is 0.478 e. The number of hydrogen-bond acceptors (Lipinski definition) is 3. The molecule has 0 aliphatic heterocycles. The fourth-order valence-corrected chi connectivity index (χ4v) is 1.83. The van der Waals surface area contributed by atoms with E-state index in [9.17, 15) is 4.79 Å². The number of nitrogens with zero attached hydrogens (tertiary/aromatic N) is 2. The second-order valence-corrected chi connectivity index (χ2v) is 4.04. The number of aromatic nitrogens is 1. The van der Waals surface area contributed by atoms with E-state index in [1.807, 2.05) is 42.3 Å². The molecule has 0 saturated carbocycles. The SMILES string of the molecule is CN(Cc1ccccc1)c1ccncc1C(=O)O. The Bertz CT molecular complexity index is 541. The molecular weight excluding hydrogens is 228 g/mol. The highest BCUT2D eigenvalue weighted by Gasteiger charge is 2.13. The first-order valence-electron chi connectivity index (χ1n) is 5.61. The van der Waals surface area contributed by atoms with Gasteiger partial charge in [-0.15, -0.1) is 0 Å². The van der Waals surface area contributed by atoms with Gasteiger partial charge < -0.3 is 10.0 Å². The summed E-state index contributed by atoms with van der Waals surface area (Å²) in [7, 11) is 1.87. The minimum atomic E-state index is -0.960. The first-order valence-corrected chi connectivity index (χ1v) is 5.61. The van der Waals surface area contributed by atoms with Crippen LogP contribution in [0.1, 0.15) is 15.9 Å². The maximum absolute atomic E-state index is 11.1. The van der Waals surface area contributed by atoms with Crippen LogP contribution in [0, 0.1) is 0 Å². The first kappa shape index (κ1) is 12.1. The van der Waals surface area contributed by atoms with Crippen LogP contribution in [-0.4, -0.2) is 23.1 Å². The molecule has 1 heterocycles. The van der Waals surface area contributed by atoms with Gasteiger partial charge in [-0.25, -0.2) is 4.79 Å². The van der Waals surface area contributed by atoms with Crippen molar-refractivity contribution in [2.45, 2.75) is 6.54 Å². The van der Waals surface area contributed by atoms with Gasteiger partial charge in [0.1, 0.15) is 5.56 Å². The highest BCUT2D eigenvalue weighted by atomic mass is 16.4. The maximum Gasteiger partial charge on any atom is 0.339 e. The third-order valence-electron chi connectivity index (χ3n) is 2.70. The average Bonchev–Trinajstić information content (AvgIpc) is 2.40. The van der Waals surface area contributed by atoms with Crippen LogP contribution in [0.3, 0.4) is 0 Å². The Morgan fingerprint density at radius 3 is 2.67 bits per heavy atom. The average molecular weight is 242 g/mol. The number of aromatic carboxylic acids is 1. The van der Waals surface area contributed by atoms with Crippen molar-refractivity contribution < 1.29 is 9.90 Å². The number of benzene rings is 1. The number of anilines is 1. The summed E-state index contributed by atoms with van der Waals surface area (Å²) in [4.78, 5) is 16.9. The summed E-state index contributed by atoms with van der Waals surface area (Å²) in [6, 6.07) is 11.6. The lowest BCUT2D eigenvalue weighted by atomic mass is 10.2. The monoisotopic (exact) mass is 242 g/mol. The lowest BCUT2D eigenvalue weighted by Gasteiger charge is -2.20. The van der Waals surface area contributed by atoms with Gasteiger partial charge in [0.15, 0.2) is 0 Å². The Balaban J connectivity index is 2.24. The Labute approximate surface area is 106 Å². The van der Waals surface area contributed by atoms with Gasteiger partial charge in [0.05, 0.1) is 5.69 Å². The molecule has 18 heavy (non-hydrogen) atoms. The molecule has 2 aromatic rings. The van der Waals surface area contributed by atoms with Crippen LogP contribution in [0.5, 0.6) is 0 Å². The molecule has 1 N–H and O–H groups in total. The molecule has 0 aliphatic carbocycles. The zero-order chi connectivity index (χ0) is 13.0. The molecule has 0 bridgehead atoms. The van der Waals surface area contributed by atoms with Gasteiger partial charge in [-0.05, 0) is 11.6 Å². The molecule has 1 aromatic heterocycles. The van der Waals surface area contributed by atoms with Gasteiger partial charge in [-0.3, -0.25) is 4.98 Å². The molecule has 0 amide bonds. The molecule has 4 nitrogen and oxygen atoms in total. The van der Waals surface area contributed by atoms with Crippen LogP contribution >= 0.6 is 0 Å². The second-order valence-electron chi connectivity index (χ2n) is 4.04. The van der Waals surface area contributed by atoms with Crippen LogP contribution in [0.4, 0.5) is 5.69 Å². The fraction of sp³-hybridized carbons (Fsp3) is 0.143. The van der Waals surface area contributed by atoms with Crippen molar-refractivity contribution >= 4 is 11.7 Å². The Hall–Kier alpha value is -2.36. The quantitative estimate of drug-likeness (QED) is 0.894. The Morgan fingerprint density at radius 1 is 1.28 bits per heavy atom. The molecule has 4 heteroatoms. The Morgan fingerprint density at radius 2 is 2.00 bits per heavy atom. The van der Waals surface area contributed by atoms with E-state index in [0.717, 1.165) is 5.56 Å². The van der Waals surface area contributed by atoms with Gasteiger partial charge in [0.25, 0.3) is 0 Å². The van der Waals surface area contributed by atoms with E-state index in [0.29, 0.717) is 12.2 Å². The van der Waals surface area contributed by atoms with Gasteiger partial charge >= 0.3 is 5.97 Å². The molecule has 0 unspecified atom stereocenters. The van der Waals surface area contributed by atoms with Gasteiger partial charge in [0, 0.05) is 26.0 Å². The number of carboxylic acids is 1. The molecular formula is C14H14N2O2. The molecule has 0 saturated heterocycles. The lowest BCUT2D eigenvalue weighted by molar-refractivity contribution is 0.0697. The smallest absolute Gasteiger partial charge is 0.339 e. The number of carboxylic acid groups (broad SMARTS) is 1. The zero-order valence-electron chi connectivity index (χ0n) is 10.1. The van der Waals surface area contributed by atoms with Crippen LogP contribution in [-0.2, 0) is 6.54 Å². The fourth-order valence-electron chi connectivity index (χ4n) is 1.83. The van der Waals surface area contributed by atoms with E-state index < -0.39 is 5.97 Å². The standard InChI is InChI=1S/C14H14N2O2/c1-16(10-11-5-3-2-4-6-11)13-7-8-15-9-12(13)14(17)18/h2-9H,10H2,1H3,(H,17,18). The predicted molar refractivity (Wildman–Crippen MR) is 69.7 cm³/mol. The molecule has 0 atom stereocenters. The summed E-state index contributed by atoms with van der Waals surface area (Å²) in [6.07, 6.45) is 2.97. The van der Waals surface area contributed by atoms with E-state index in [1.54, 1.807) is 12.3 Å². The summed E-state index contributed by atoms with van der Waals surface area (Å²) in [5.74, 6) is -0.960. The topological polar surface area (TPSA) is 53.4 Å². The highest BCUT2D eigenvalue weighted by Crippen LogP contribution is 2.19. The van der Waals surface area contributed by atoms with E-state index in [4.69, 9.17) is 5.11 Å². The van der Waals surface area contributed by atoms with Crippen molar-refractivity contribution in [2.24, 2.45) is 0 Å². The number of carbonyl (C=O) groups is 1. The van der Waals surface area contributed by atoms with Crippen molar-refractivity contribution in [3.05, 3.63) is 59.9 Å². The molecule has 1 aromatic carbocycles. The third-order valence-corrected chi connectivity index (χ3v) is 2.70. The molecule has 0 fully saturated rings. The van der Waals surface area contributed by atoms with Crippen LogP contribution in [0.2, 0.25) is 0 Å². The number of pyridine rings is 1. The molecule has 92 valence electrons. The predicted octanol–water partition coefficient (Wildman–Crippen LogP) is 2.42. The molecule has 0 radical (unpaired) electrons. The van der Waals surface area contributed by atoms with E-state index in [1.165, 1.54) is 6.20 Å². The second kappa shape index (κ2) is 5.31. The van der Waals surface area contributed by atoms with Crippen molar-refractivity contribution in [1.82, 2.24) is 4.98 Å². The maximum atomic E-state index is 11.1. The molecule has 0 aliphatic rings. The van der Waals surface area contributed by atoms with Crippen molar-refractivity contribution in [2.75, 3.05) is 11.9 Å². The van der Waals surface area contributed by atoms with Crippen LogP contribution in [0.25, 0.3) is 0 Å². The first-order chi connectivity index (χ1) is 8.68. The third kappa shape index (κ3) is 2.66. The van der Waals surface area contributed by atoms with Crippen molar-refractivity contribution in [3.8, 4) is 0 Å². The van der Waals surface area contributed by atoms with Gasteiger partial charge in [0.2, 0.25) is 0 Å². The summed E-state index contributed by atoms with van der Waals surface area (Å²) >= 11 is 0. The minimum Gasteiger partial charge on any atom is -0.478 e. The minimum absolute atomic E-state index is 0.218. The van der Waals surface area contributed by atoms with E-state index >= 15 is 0 Å². The van der Waals surface area contributed by atoms with Crippen LogP contribution < -0.4 is 4.90 Å². The molecule has 2 rings (SSSR count). The number of rotatable bonds is 4. The zero-order valence-corrected chi connectivity index (χ0v) is 10.1. The summed E-state index contributed by atoms with van der Waals surface area (Å²) < 4.78 is 0. The van der Waals surface area contributed by atoms with Crippen LogP contribution in [0.15, 0.2) is 48.8 Å². The lowest BCUT2D eigenvalue weighted by Crippen LogP contribution is -2.19. The highest BCUT2D eigenvalue weighted by molar-refractivity contribution is 5.93. The summed E-state index contributed by atoms with van der Waals surface area (Å²) in [6.45, 7) is 0.658. The van der Waals surface area contributed by atoms with Gasteiger partial charge in [-0.2, -0.15) is 0 Å². The van der Waals surface area contributed by atoms with Crippen molar-refractivity contribution in [1.29, 1.82) is 0 Å².